The van der Waals surface area contributed by atoms with Gasteiger partial charge < -0.3 is 10.5 Å². The smallest absolute Gasteiger partial charge is 0.413 e. The molecule has 3 N–H and O–H groups in total. The summed E-state index contributed by atoms with van der Waals surface area (Å²) in [6, 6.07) is 0.244. The first-order chi connectivity index (χ1) is 8.04. The molecule has 0 bridgehead atoms. The van der Waals surface area contributed by atoms with Gasteiger partial charge in [0, 0.05) is 12.1 Å². The Bertz CT molecular complexity index is 281. The van der Waals surface area contributed by atoms with Crippen molar-refractivity contribution in [1.82, 2.24) is 10.2 Å². The third-order valence-electron chi connectivity index (χ3n) is 3.04. The highest BCUT2D eigenvalue weighted by atomic mass is 16.5. The monoisotopic (exact) mass is 243 g/mol. The lowest BCUT2D eigenvalue weighted by atomic mass is 9.97. The third-order valence-corrected chi connectivity index (χ3v) is 3.04. The summed E-state index contributed by atoms with van der Waals surface area (Å²) in [6.07, 6.45) is 2.49. The van der Waals surface area contributed by atoms with Crippen LogP contribution in [-0.4, -0.2) is 49.2 Å². The van der Waals surface area contributed by atoms with Crippen LogP contribution in [0.15, 0.2) is 0 Å². The van der Waals surface area contributed by atoms with E-state index < -0.39 is 6.09 Å². The Morgan fingerprint density at radius 1 is 1.53 bits per heavy atom. The number of alkyl carbamates (subject to hydrolysis) is 1. The first-order valence-corrected chi connectivity index (χ1v) is 5.92. The zero-order valence-corrected chi connectivity index (χ0v) is 10.4. The van der Waals surface area contributed by atoms with Crippen molar-refractivity contribution in [2.24, 2.45) is 5.73 Å². The maximum Gasteiger partial charge on any atom is 0.413 e. The van der Waals surface area contributed by atoms with Crippen LogP contribution in [-0.2, 0) is 9.53 Å². The van der Waals surface area contributed by atoms with E-state index in [1.807, 2.05) is 11.8 Å². The Morgan fingerprint density at radius 2 is 2.24 bits per heavy atom. The summed E-state index contributed by atoms with van der Waals surface area (Å²) in [7, 11) is 1.23. The number of imide groups is 1. The van der Waals surface area contributed by atoms with Crippen molar-refractivity contribution in [3.05, 3.63) is 0 Å². The molecular weight excluding hydrogens is 222 g/mol. The van der Waals surface area contributed by atoms with Gasteiger partial charge in [-0.3, -0.25) is 15.0 Å². The van der Waals surface area contributed by atoms with Crippen molar-refractivity contribution in [3.63, 3.8) is 0 Å². The second-order valence-corrected chi connectivity index (χ2v) is 4.43. The molecule has 2 atom stereocenters. The number of likely N-dealkylation sites (tertiary alicyclic amines) is 1. The van der Waals surface area contributed by atoms with Crippen LogP contribution in [0.5, 0.6) is 0 Å². The molecule has 0 aromatic carbocycles. The topological polar surface area (TPSA) is 84.7 Å². The summed E-state index contributed by atoms with van der Waals surface area (Å²) < 4.78 is 4.37. The fourth-order valence-corrected chi connectivity index (χ4v) is 2.20. The number of methoxy groups -OCH3 is 1. The maximum atomic E-state index is 11.6. The highest BCUT2D eigenvalue weighted by molar-refractivity contribution is 5.92. The van der Waals surface area contributed by atoms with Crippen molar-refractivity contribution in [1.29, 1.82) is 0 Å². The Kier molecular flexibility index (Phi) is 5.37. The van der Waals surface area contributed by atoms with Crippen LogP contribution < -0.4 is 11.1 Å². The van der Waals surface area contributed by atoms with Crippen molar-refractivity contribution in [2.45, 2.75) is 38.3 Å². The van der Waals surface area contributed by atoms with Gasteiger partial charge in [-0.15, -0.1) is 0 Å². The van der Waals surface area contributed by atoms with E-state index in [1.165, 1.54) is 7.11 Å². The lowest BCUT2D eigenvalue weighted by Crippen LogP contribution is -2.52. The number of hydrogen-bond acceptors (Lipinski definition) is 5. The molecule has 0 aliphatic carbocycles. The second kappa shape index (κ2) is 6.56. The molecule has 0 aromatic rings. The van der Waals surface area contributed by atoms with Crippen molar-refractivity contribution >= 4 is 12.0 Å². The fourth-order valence-electron chi connectivity index (χ4n) is 2.20. The molecule has 2 amide bonds. The van der Waals surface area contributed by atoms with Gasteiger partial charge in [-0.1, -0.05) is 6.42 Å². The molecule has 1 fully saturated rings. The van der Waals surface area contributed by atoms with Gasteiger partial charge in [0.1, 0.15) is 0 Å². The van der Waals surface area contributed by atoms with Crippen LogP contribution in [0.25, 0.3) is 0 Å². The standard InChI is InChI=1S/C11H21N3O3/c1-8(12)9-5-3-4-6-14(9)7-10(15)13-11(16)17-2/h8-9H,3-7,12H2,1-2H3,(H,13,15,16). The number of nitrogens with one attached hydrogen (secondary N) is 1. The predicted octanol–water partition coefficient (Wildman–Crippen LogP) is 0.0707. The van der Waals surface area contributed by atoms with E-state index in [4.69, 9.17) is 5.73 Å². The van der Waals surface area contributed by atoms with E-state index in [1.54, 1.807) is 0 Å². The van der Waals surface area contributed by atoms with Gasteiger partial charge in [-0.25, -0.2) is 4.79 Å². The van der Waals surface area contributed by atoms with Crippen LogP contribution in [0.3, 0.4) is 0 Å². The lowest BCUT2D eigenvalue weighted by Gasteiger charge is -2.37. The van der Waals surface area contributed by atoms with Crippen LogP contribution in [0, 0.1) is 0 Å². The van der Waals surface area contributed by atoms with Gasteiger partial charge >= 0.3 is 6.09 Å². The van der Waals surface area contributed by atoms with E-state index >= 15 is 0 Å². The molecule has 2 unspecified atom stereocenters. The average Bonchev–Trinajstić information content (AvgIpc) is 2.29. The first-order valence-electron chi connectivity index (χ1n) is 5.92. The van der Waals surface area contributed by atoms with Gasteiger partial charge in [0.15, 0.2) is 0 Å². The molecule has 98 valence electrons. The number of rotatable bonds is 3. The van der Waals surface area contributed by atoms with E-state index in [-0.39, 0.29) is 24.5 Å². The number of ether oxygens (including phenoxy) is 1. The lowest BCUT2D eigenvalue weighted by molar-refractivity contribution is -0.122. The average molecular weight is 243 g/mol. The number of amides is 2. The SMILES string of the molecule is COC(=O)NC(=O)CN1CCCCC1C(C)N. The van der Waals surface area contributed by atoms with Crippen molar-refractivity contribution in [3.8, 4) is 0 Å². The van der Waals surface area contributed by atoms with E-state index in [2.05, 4.69) is 10.1 Å². The quantitative estimate of drug-likeness (QED) is 0.732. The minimum Gasteiger partial charge on any atom is -0.453 e. The number of hydrogen-bond donors (Lipinski definition) is 2. The normalized spacial score (nSPS) is 22.9. The highest BCUT2D eigenvalue weighted by Crippen LogP contribution is 2.18. The van der Waals surface area contributed by atoms with Gasteiger partial charge in [-0.2, -0.15) is 0 Å². The molecule has 1 aliphatic rings. The molecule has 17 heavy (non-hydrogen) atoms. The number of nitrogens with zero attached hydrogens (tertiary/aromatic N) is 1. The molecule has 1 aliphatic heterocycles. The van der Waals surface area contributed by atoms with Gasteiger partial charge in [0.2, 0.25) is 5.91 Å². The molecule has 0 spiro atoms. The maximum absolute atomic E-state index is 11.6. The molecular formula is C11H21N3O3. The fraction of sp³-hybridized carbons (Fsp3) is 0.818. The summed E-state index contributed by atoms with van der Waals surface area (Å²) >= 11 is 0. The highest BCUT2D eigenvalue weighted by Gasteiger charge is 2.27. The predicted molar refractivity (Wildman–Crippen MR) is 63.4 cm³/mol. The number of carbonyl (C=O) groups excluding carboxylic acids is 2. The number of piperidine rings is 1. The van der Waals surface area contributed by atoms with Gasteiger partial charge in [0.05, 0.1) is 13.7 Å². The van der Waals surface area contributed by atoms with Gasteiger partial charge in [-0.05, 0) is 26.3 Å². The summed E-state index contributed by atoms with van der Waals surface area (Å²) in [4.78, 5) is 24.5. The second-order valence-electron chi connectivity index (χ2n) is 4.43. The Balaban J connectivity index is 2.47. The molecule has 0 aromatic heterocycles. The Hall–Kier alpha value is -1.14. The molecule has 0 radical (unpaired) electrons. The van der Waals surface area contributed by atoms with Crippen LogP contribution in [0.1, 0.15) is 26.2 Å². The molecule has 6 heteroatoms. The molecule has 0 saturated carbocycles. The van der Waals surface area contributed by atoms with E-state index in [0.717, 1.165) is 25.8 Å². The minimum atomic E-state index is -0.718. The van der Waals surface area contributed by atoms with E-state index in [0.29, 0.717) is 0 Å². The molecule has 1 rings (SSSR count). The molecule has 1 heterocycles. The van der Waals surface area contributed by atoms with Crippen LogP contribution >= 0.6 is 0 Å². The summed E-state index contributed by atoms with van der Waals surface area (Å²) in [5, 5.41) is 2.15. The first kappa shape index (κ1) is 13.9. The Labute approximate surface area is 101 Å². The van der Waals surface area contributed by atoms with Crippen molar-refractivity contribution < 1.29 is 14.3 Å². The van der Waals surface area contributed by atoms with Gasteiger partial charge in [0.25, 0.3) is 0 Å². The van der Waals surface area contributed by atoms with E-state index in [9.17, 15) is 9.59 Å². The molecule has 6 nitrogen and oxygen atoms in total. The Morgan fingerprint density at radius 3 is 2.82 bits per heavy atom. The minimum absolute atomic E-state index is 0.0289. The number of nitrogens with two attached hydrogens (primary N) is 1. The third kappa shape index (κ3) is 4.32. The summed E-state index contributed by atoms with van der Waals surface area (Å²) in [5.74, 6) is -0.343. The van der Waals surface area contributed by atoms with Crippen LogP contribution in [0.4, 0.5) is 4.79 Å². The molecule has 1 saturated heterocycles. The summed E-state index contributed by atoms with van der Waals surface area (Å²) in [5.41, 5.74) is 5.90. The number of carbonyl (C=O) groups is 2. The van der Waals surface area contributed by atoms with Crippen molar-refractivity contribution in [2.75, 3.05) is 20.2 Å². The largest absolute Gasteiger partial charge is 0.453 e. The zero-order valence-electron chi connectivity index (χ0n) is 10.4. The zero-order chi connectivity index (χ0) is 12.8. The summed E-state index contributed by atoms with van der Waals surface area (Å²) in [6.45, 7) is 2.99. The van der Waals surface area contributed by atoms with Crippen LogP contribution in [0.2, 0.25) is 0 Å².